The number of hydrogen-bond acceptors (Lipinski definition) is 0. The smallest absolute Gasteiger partial charge is 0.0710 e. The average Bonchev–Trinajstić information content (AvgIpc) is 3.49. The average molecular weight is 637 g/mol. The molecule has 8 aromatic carbocycles. The molecule has 8 aromatic rings. The first kappa shape index (κ1) is 29.0. The Bertz CT molecular complexity index is 2620. The molecular formula is C50H36. The van der Waals surface area contributed by atoms with E-state index in [4.69, 9.17) is 0 Å². The van der Waals surface area contributed by atoms with Gasteiger partial charge in [-0.3, -0.25) is 0 Å². The molecule has 0 N–H and O–H groups in total. The summed E-state index contributed by atoms with van der Waals surface area (Å²) in [5.74, 6) is 0. The van der Waals surface area contributed by atoms with Gasteiger partial charge in [-0.05, 0) is 107 Å². The Labute approximate surface area is 293 Å². The van der Waals surface area contributed by atoms with Gasteiger partial charge >= 0.3 is 0 Å². The summed E-state index contributed by atoms with van der Waals surface area (Å²) >= 11 is 0. The van der Waals surface area contributed by atoms with Crippen LogP contribution in [0.3, 0.4) is 0 Å². The summed E-state index contributed by atoms with van der Waals surface area (Å²) in [6.45, 7) is 0. The molecule has 0 nitrogen and oxygen atoms in total. The molecule has 0 amide bonds. The van der Waals surface area contributed by atoms with Gasteiger partial charge in [0.15, 0.2) is 0 Å². The molecule has 236 valence electrons. The Morgan fingerprint density at radius 3 is 1.76 bits per heavy atom. The minimum Gasteiger partial charge on any atom is -0.0839 e. The van der Waals surface area contributed by atoms with Gasteiger partial charge < -0.3 is 0 Å². The third-order valence-corrected chi connectivity index (χ3v) is 11.2. The van der Waals surface area contributed by atoms with Crippen molar-refractivity contribution in [2.45, 2.75) is 24.7 Å². The zero-order chi connectivity index (χ0) is 33.1. The zero-order valence-electron chi connectivity index (χ0n) is 27.9. The van der Waals surface area contributed by atoms with E-state index < -0.39 is 5.41 Å². The van der Waals surface area contributed by atoms with Crippen molar-refractivity contribution in [1.82, 2.24) is 0 Å². The molecule has 0 aromatic heterocycles. The van der Waals surface area contributed by atoms with Gasteiger partial charge in [-0.1, -0.05) is 182 Å². The highest BCUT2D eigenvalue weighted by Crippen LogP contribution is 2.59. The highest BCUT2D eigenvalue weighted by molar-refractivity contribution is 6.25. The van der Waals surface area contributed by atoms with Crippen molar-refractivity contribution in [3.8, 4) is 22.3 Å². The predicted octanol–water partition coefficient (Wildman–Crippen LogP) is 13.0. The topological polar surface area (TPSA) is 0 Å². The van der Waals surface area contributed by atoms with Gasteiger partial charge in [0.2, 0.25) is 0 Å². The number of hydrogen-bond donors (Lipinski definition) is 0. The number of allylic oxidation sites excluding steroid dienone is 4. The predicted molar refractivity (Wildman–Crippen MR) is 212 cm³/mol. The lowest BCUT2D eigenvalue weighted by molar-refractivity contribution is 0.750. The van der Waals surface area contributed by atoms with Crippen molar-refractivity contribution < 1.29 is 0 Å². The molecule has 2 aliphatic rings. The maximum Gasteiger partial charge on any atom is 0.0710 e. The summed E-state index contributed by atoms with van der Waals surface area (Å²) in [4.78, 5) is 0. The first-order valence-electron chi connectivity index (χ1n) is 17.9. The molecular weight excluding hydrogens is 601 g/mol. The van der Waals surface area contributed by atoms with Crippen molar-refractivity contribution in [3.05, 3.63) is 215 Å². The molecule has 0 spiro atoms. The van der Waals surface area contributed by atoms with Crippen molar-refractivity contribution in [3.63, 3.8) is 0 Å². The SMILES string of the molecule is C1=CC(C2(c3ccccc3)c3cc(Cc4ccc5c6ccccc6c6ccccc6c5c4)ccc3-c3c(-c4ccccc4)cccc32)=CCC1. The monoisotopic (exact) mass is 636 g/mol. The third kappa shape index (κ3) is 4.31. The number of fused-ring (bicyclic) bond motifs is 9. The van der Waals surface area contributed by atoms with Crippen LogP contribution in [0.4, 0.5) is 0 Å². The van der Waals surface area contributed by atoms with Crippen molar-refractivity contribution in [1.29, 1.82) is 0 Å². The molecule has 1 atom stereocenters. The standard InChI is InChI=1S/C50H36/c1-4-15-36(16-5-1)39-25-14-26-47-49(39)45-30-28-35(33-48(45)50(47,37-17-6-2-7-18-37)38-19-8-3-9-20-38)31-34-27-29-44-42-23-11-10-21-40(42)41-22-12-13-24-43(41)46(44)32-34/h1-2,4-8,10-30,32-33H,3,9,31H2. The largest absolute Gasteiger partial charge is 0.0839 e. The first-order chi connectivity index (χ1) is 24.8. The Morgan fingerprint density at radius 1 is 0.440 bits per heavy atom. The Morgan fingerprint density at radius 2 is 1.06 bits per heavy atom. The fraction of sp³-hybridized carbons (Fsp3) is 0.0800. The maximum absolute atomic E-state index is 2.53. The van der Waals surface area contributed by atoms with Crippen LogP contribution in [0.1, 0.15) is 40.7 Å². The third-order valence-electron chi connectivity index (χ3n) is 11.2. The van der Waals surface area contributed by atoms with E-state index >= 15 is 0 Å². The van der Waals surface area contributed by atoms with E-state index in [0.29, 0.717) is 0 Å². The maximum atomic E-state index is 2.53. The molecule has 10 rings (SSSR count). The van der Waals surface area contributed by atoms with E-state index in [1.54, 1.807) is 0 Å². The molecule has 1 unspecified atom stereocenters. The summed E-state index contributed by atoms with van der Waals surface area (Å²) < 4.78 is 0. The van der Waals surface area contributed by atoms with E-state index in [1.165, 1.54) is 88.0 Å². The molecule has 50 heavy (non-hydrogen) atoms. The second-order valence-corrected chi connectivity index (χ2v) is 13.9. The summed E-state index contributed by atoms with van der Waals surface area (Å²) in [6.07, 6.45) is 10.3. The van der Waals surface area contributed by atoms with Gasteiger partial charge in [0, 0.05) is 0 Å². The number of benzene rings is 8. The van der Waals surface area contributed by atoms with Crippen LogP contribution in [0.15, 0.2) is 188 Å². The summed E-state index contributed by atoms with van der Waals surface area (Å²) in [5.41, 5.74) is 13.0. The molecule has 0 fully saturated rings. The lowest BCUT2D eigenvalue weighted by atomic mass is 9.66. The lowest BCUT2D eigenvalue weighted by Gasteiger charge is -2.36. The second kappa shape index (κ2) is 11.6. The lowest BCUT2D eigenvalue weighted by Crippen LogP contribution is -2.29. The van der Waals surface area contributed by atoms with Gasteiger partial charge in [0.25, 0.3) is 0 Å². The van der Waals surface area contributed by atoms with Crippen molar-refractivity contribution >= 4 is 32.3 Å². The van der Waals surface area contributed by atoms with Crippen LogP contribution < -0.4 is 0 Å². The quantitative estimate of drug-likeness (QED) is 0.165. The molecule has 0 radical (unpaired) electrons. The van der Waals surface area contributed by atoms with Crippen LogP contribution in [-0.2, 0) is 11.8 Å². The molecule has 2 aliphatic carbocycles. The Kier molecular flexibility index (Phi) is 6.71. The molecule has 0 bridgehead atoms. The molecule has 0 saturated carbocycles. The van der Waals surface area contributed by atoms with Gasteiger partial charge in [-0.2, -0.15) is 0 Å². The van der Waals surface area contributed by atoms with Crippen molar-refractivity contribution in [2.75, 3.05) is 0 Å². The van der Waals surface area contributed by atoms with E-state index in [1.807, 2.05) is 0 Å². The van der Waals surface area contributed by atoms with Crippen LogP contribution >= 0.6 is 0 Å². The van der Waals surface area contributed by atoms with Gasteiger partial charge in [0.05, 0.1) is 5.41 Å². The first-order valence-corrected chi connectivity index (χ1v) is 17.9. The van der Waals surface area contributed by atoms with Crippen LogP contribution in [0, 0.1) is 0 Å². The van der Waals surface area contributed by atoms with Gasteiger partial charge in [0.1, 0.15) is 0 Å². The van der Waals surface area contributed by atoms with E-state index in [2.05, 4.69) is 182 Å². The van der Waals surface area contributed by atoms with E-state index in [9.17, 15) is 0 Å². The Balaban J connectivity index is 1.19. The molecule has 0 saturated heterocycles. The minimum absolute atomic E-state index is 0.401. The molecule has 0 heteroatoms. The fourth-order valence-corrected chi connectivity index (χ4v) is 9.06. The molecule has 0 heterocycles. The fourth-order valence-electron chi connectivity index (χ4n) is 9.06. The minimum atomic E-state index is -0.401. The number of rotatable bonds is 5. The van der Waals surface area contributed by atoms with Crippen LogP contribution in [0.5, 0.6) is 0 Å². The summed E-state index contributed by atoms with van der Waals surface area (Å²) in [5, 5.41) is 7.92. The normalized spacial score (nSPS) is 16.4. The summed E-state index contributed by atoms with van der Waals surface area (Å²) in [6, 6.07) is 61.3. The second-order valence-electron chi connectivity index (χ2n) is 13.9. The van der Waals surface area contributed by atoms with E-state index in [-0.39, 0.29) is 0 Å². The van der Waals surface area contributed by atoms with Crippen LogP contribution in [-0.4, -0.2) is 0 Å². The van der Waals surface area contributed by atoms with Crippen LogP contribution in [0.2, 0.25) is 0 Å². The highest BCUT2D eigenvalue weighted by Gasteiger charge is 2.47. The highest BCUT2D eigenvalue weighted by atomic mass is 14.5. The molecule has 0 aliphatic heterocycles. The Hall–Kier alpha value is -5.98. The van der Waals surface area contributed by atoms with Crippen molar-refractivity contribution in [2.24, 2.45) is 0 Å². The van der Waals surface area contributed by atoms with Gasteiger partial charge in [-0.15, -0.1) is 0 Å². The summed E-state index contributed by atoms with van der Waals surface area (Å²) in [7, 11) is 0. The van der Waals surface area contributed by atoms with Crippen LogP contribution in [0.25, 0.3) is 54.6 Å². The zero-order valence-corrected chi connectivity index (χ0v) is 27.9. The van der Waals surface area contributed by atoms with Gasteiger partial charge in [-0.25, -0.2) is 0 Å². The van der Waals surface area contributed by atoms with E-state index in [0.717, 1.165) is 19.3 Å².